The Kier molecular flexibility index (Phi) is 4.20. The molecule has 2 aliphatic carbocycles. The third-order valence-electron chi connectivity index (χ3n) is 2.77. The number of thiazole rings is 1. The summed E-state index contributed by atoms with van der Waals surface area (Å²) in [5, 5.41) is 2.01. The molecule has 0 aliphatic heterocycles. The third kappa shape index (κ3) is 3.28. The van der Waals surface area contributed by atoms with Gasteiger partial charge in [-0.1, -0.05) is 19.3 Å². The van der Waals surface area contributed by atoms with E-state index in [1.165, 1.54) is 18.3 Å². The summed E-state index contributed by atoms with van der Waals surface area (Å²) in [4.78, 5) is 3.94. The average Bonchev–Trinajstić information content (AvgIpc) is 2.55. The molecule has 1 heterocycles. The molecule has 0 radical (unpaired) electrons. The van der Waals surface area contributed by atoms with Crippen LogP contribution < -0.4 is 0 Å². The Bertz CT molecular complexity index is 227. The van der Waals surface area contributed by atoms with Crippen LogP contribution in [0.15, 0.2) is 10.9 Å². The van der Waals surface area contributed by atoms with Gasteiger partial charge in [0.2, 0.25) is 0 Å². The van der Waals surface area contributed by atoms with Crippen molar-refractivity contribution in [2.24, 2.45) is 11.8 Å². The summed E-state index contributed by atoms with van der Waals surface area (Å²) in [7, 11) is 0. The number of hydrogen-bond acceptors (Lipinski definition) is 2. The Labute approximate surface area is 90.0 Å². The second-order valence-corrected chi connectivity index (χ2v) is 4.54. The van der Waals surface area contributed by atoms with Gasteiger partial charge in [0.05, 0.1) is 5.51 Å². The van der Waals surface area contributed by atoms with Crippen molar-refractivity contribution in [3.63, 3.8) is 0 Å². The van der Waals surface area contributed by atoms with Gasteiger partial charge in [0.15, 0.2) is 0 Å². The topological polar surface area (TPSA) is 12.9 Å². The van der Waals surface area contributed by atoms with E-state index in [1.807, 2.05) is 17.8 Å². The zero-order valence-corrected chi connectivity index (χ0v) is 9.53. The van der Waals surface area contributed by atoms with Gasteiger partial charge in [0.1, 0.15) is 0 Å². The van der Waals surface area contributed by atoms with Crippen molar-refractivity contribution in [3.8, 4) is 0 Å². The number of nitrogens with zero attached hydrogens (tertiary/aromatic N) is 1. The van der Waals surface area contributed by atoms with Crippen molar-refractivity contribution in [3.05, 3.63) is 16.6 Å². The third-order valence-corrected chi connectivity index (χ3v) is 3.48. The molecule has 3 rings (SSSR count). The maximum absolute atomic E-state index is 3.94. The average molecular weight is 218 g/mol. The molecule has 1 nitrogen and oxygen atoms in total. The van der Waals surface area contributed by atoms with Gasteiger partial charge in [-0.3, -0.25) is 4.98 Å². The monoisotopic (exact) mass is 217 g/mol. The predicted octanol–water partition coefficient (Wildman–Crippen LogP) is 3.68. The van der Waals surface area contributed by atoms with Gasteiger partial charge >= 0.3 is 0 Å². The minimum absolute atomic E-state index is 0. The maximum atomic E-state index is 3.94. The molecule has 2 unspecified atom stereocenters. The smallest absolute Gasteiger partial charge is 0.0794 e. The summed E-state index contributed by atoms with van der Waals surface area (Å²) in [6, 6.07) is 0. The summed E-state index contributed by atoms with van der Waals surface area (Å²) in [6.07, 6.45) is 6.24. The van der Waals surface area contributed by atoms with Crippen LogP contribution in [0.3, 0.4) is 0 Å². The summed E-state index contributed by atoms with van der Waals surface area (Å²) in [5.41, 5.74) is 2.94. The van der Waals surface area contributed by atoms with Crippen molar-refractivity contribution in [2.75, 3.05) is 0 Å². The number of hydrogen-bond donors (Lipinski definition) is 0. The van der Waals surface area contributed by atoms with Gasteiger partial charge in [-0.25, -0.2) is 0 Å². The Balaban J connectivity index is 0.000000121. The zero-order chi connectivity index (χ0) is 8.39. The van der Waals surface area contributed by atoms with Crippen LogP contribution in [-0.4, -0.2) is 4.98 Å². The highest BCUT2D eigenvalue weighted by atomic mass is 35.5. The van der Waals surface area contributed by atoms with E-state index in [1.54, 1.807) is 30.6 Å². The summed E-state index contributed by atoms with van der Waals surface area (Å²) in [6.45, 7) is 1.98. The van der Waals surface area contributed by atoms with Crippen molar-refractivity contribution in [2.45, 2.75) is 32.6 Å². The lowest BCUT2D eigenvalue weighted by atomic mass is 10.3. The largest absolute Gasteiger partial charge is 0.250 e. The first-order valence-electron chi connectivity index (χ1n) is 4.71. The molecule has 0 bridgehead atoms. The molecule has 0 saturated heterocycles. The fraction of sp³-hybridized carbons (Fsp3) is 0.700. The van der Waals surface area contributed by atoms with Crippen LogP contribution in [0.25, 0.3) is 0 Å². The number of aryl methyl sites for hydroxylation is 1. The number of fused-ring (bicyclic) bond motifs is 1. The van der Waals surface area contributed by atoms with Crippen molar-refractivity contribution >= 4 is 23.7 Å². The first-order chi connectivity index (χ1) is 5.86. The number of rotatable bonds is 0. The lowest BCUT2D eigenvalue weighted by molar-refractivity contribution is 0.735. The van der Waals surface area contributed by atoms with Crippen molar-refractivity contribution < 1.29 is 0 Å². The van der Waals surface area contributed by atoms with Crippen LogP contribution in [0.5, 0.6) is 0 Å². The highest BCUT2D eigenvalue weighted by Crippen LogP contribution is 2.51. The highest BCUT2D eigenvalue weighted by molar-refractivity contribution is 7.07. The number of aromatic nitrogens is 1. The highest BCUT2D eigenvalue weighted by Gasteiger charge is 2.40. The van der Waals surface area contributed by atoms with E-state index in [2.05, 4.69) is 4.98 Å². The van der Waals surface area contributed by atoms with Gasteiger partial charge in [-0.2, -0.15) is 0 Å². The second kappa shape index (κ2) is 4.97. The van der Waals surface area contributed by atoms with E-state index in [4.69, 9.17) is 0 Å². The molecule has 2 aliphatic rings. The van der Waals surface area contributed by atoms with E-state index in [0.29, 0.717) is 0 Å². The van der Waals surface area contributed by atoms with E-state index >= 15 is 0 Å². The molecule has 74 valence electrons. The molecule has 0 aromatic carbocycles. The lowest BCUT2D eigenvalue weighted by Crippen LogP contribution is -1.64. The first kappa shape index (κ1) is 11.0. The van der Waals surface area contributed by atoms with Crippen LogP contribution in [0.2, 0.25) is 0 Å². The van der Waals surface area contributed by atoms with E-state index in [0.717, 1.165) is 5.69 Å². The molecule has 2 atom stereocenters. The van der Waals surface area contributed by atoms with E-state index < -0.39 is 0 Å². The molecular weight excluding hydrogens is 202 g/mol. The molecular formula is C10H16ClNS. The fourth-order valence-electron chi connectivity index (χ4n) is 1.93. The molecule has 3 heteroatoms. The molecule has 1 aromatic heterocycles. The Hall–Kier alpha value is -0.0800. The normalized spacial score (nSPS) is 28.1. The summed E-state index contributed by atoms with van der Waals surface area (Å²) in [5.74, 6) is 2.43. The zero-order valence-electron chi connectivity index (χ0n) is 7.90. The number of halogens is 1. The molecule has 13 heavy (non-hydrogen) atoms. The van der Waals surface area contributed by atoms with Gasteiger partial charge < -0.3 is 0 Å². The Morgan fingerprint density at radius 2 is 2.08 bits per heavy atom. The van der Waals surface area contributed by atoms with Gasteiger partial charge in [0, 0.05) is 11.1 Å². The SMILES string of the molecule is C1CC2CC2C1.Cc1cscn1.Cl. The molecule has 2 fully saturated rings. The predicted molar refractivity (Wildman–Crippen MR) is 59.5 cm³/mol. The quantitative estimate of drug-likeness (QED) is 0.646. The molecule has 1 aromatic rings. The lowest BCUT2D eigenvalue weighted by Gasteiger charge is -1.80. The van der Waals surface area contributed by atoms with Crippen LogP contribution in [-0.2, 0) is 0 Å². The van der Waals surface area contributed by atoms with Crippen LogP contribution in [0.1, 0.15) is 31.4 Å². The van der Waals surface area contributed by atoms with Crippen molar-refractivity contribution in [1.82, 2.24) is 4.98 Å². The molecule has 0 amide bonds. The van der Waals surface area contributed by atoms with Crippen LogP contribution in [0, 0.1) is 18.8 Å². The van der Waals surface area contributed by atoms with Crippen LogP contribution in [0.4, 0.5) is 0 Å². The van der Waals surface area contributed by atoms with E-state index in [9.17, 15) is 0 Å². The molecule has 2 saturated carbocycles. The van der Waals surface area contributed by atoms with Crippen molar-refractivity contribution in [1.29, 1.82) is 0 Å². The molecule has 0 spiro atoms. The fourth-order valence-corrected chi connectivity index (χ4v) is 2.48. The maximum Gasteiger partial charge on any atom is 0.0794 e. The standard InChI is InChI=1S/C6H10.C4H5NS.ClH/c1-2-5-4-6(5)3-1;1-4-2-6-3-5-4;/h5-6H,1-4H2;2-3H,1H3;1H. The minimum Gasteiger partial charge on any atom is -0.250 e. The second-order valence-electron chi connectivity index (χ2n) is 3.82. The van der Waals surface area contributed by atoms with Gasteiger partial charge in [0.25, 0.3) is 0 Å². The summed E-state index contributed by atoms with van der Waals surface area (Å²) >= 11 is 1.63. The first-order valence-corrected chi connectivity index (χ1v) is 5.65. The van der Waals surface area contributed by atoms with E-state index in [-0.39, 0.29) is 12.4 Å². The van der Waals surface area contributed by atoms with Crippen LogP contribution >= 0.6 is 23.7 Å². The van der Waals surface area contributed by atoms with Gasteiger partial charge in [-0.05, 0) is 25.2 Å². The van der Waals surface area contributed by atoms with Gasteiger partial charge in [-0.15, -0.1) is 23.7 Å². The Morgan fingerprint density at radius 3 is 2.23 bits per heavy atom. The summed E-state index contributed by atoms with van der Waals surface area (Å²) < 4.78 is 0. The Morgan fingerprint density at radius 1 is 1.38 bits per heavy atom. The molecule has 0 N–H and O–H groups in total. The minimum atomic E-state index is 0.